The van der Waals surface area contributed by atoms with Crippen molar-refractivity contribution in [2.45, 2.75) is 19.4 Å². The number of piperidine rings is 1. The van der Waals surface area contributed by atoms with Crippen LogP contribution in [0.15, 0.2) is 36.4 Å². The van der Waals surface area contributed by atoms with Crippen LogP contribution in [0.1, 0.15) is 18.4 Å². The third kappa shape index (κ3) is 4.47. The molecule has 1 heterocycles. The first kappa shape index (κ1) is 17.2. The van der Waals surface area contributed by atoms with Crippen LogP contribution in [0, 0.1) is 5.92 Å². The van der Waals surface area contributed by atoms with Gasteiger partial charge in [-0.15, -0.1) is 0 Å². The average molecular weight is 328 g/mol. The highest BCUT2D eigenvalue weighted by Gasteiger charge is 2.18. The molecule has 2 aromatic rings. The van der Waals surface area contributed by atoms with Crippen molar-refractivity contribution in [1.29, 1.82) is 0 Å². The Balaban J connectivity index is 1.48. The number of ether oxygens (including phenoxy) is 1. The quantitative estimate of drug-likeness (QED) is 0.820. The van der Waals surface area contributed by atoms with Crippen LogP contribution in [0.5, 0.6) is 5.75 Å². The van der Waals surface area contributed by atoms with Crippen molar-refractivity contribution in [3.8, 4) is 5.75 Å². The Bertz CT molecular complexity index is 651. The standard InChI is InChI=1S/C20H28N2O2/c1-24-20-5-4-18-12-17(2-3-19(18)13-20)15-21-14-16-6-8-22(9-7-16)10-11-23/h2-5,12-13,16,21,23H,6-11,14-15H2,1H3. The van der Waals surface area contributed by atoms with Crippen LogP contribution in [-0.4, -0.2) is 49.9 Å². The lowest BCUT2D eigenvalue weighted by Crippen LogP contribution is -2.38. The number of β-amino-alcohol motifs (C(OH)–C–C–N with tert-alkyl or cyclic N) is 1. The molecule has 3 rings (SSSR count). The molecule has 0 spiro atoms. The molecule has 1 saturated heterocycles. The van der Waals surface area contributed by atoms with Gasteiger partial charge in [-0.1, -0.05) is 18.2 Å². The summed E-state index contributed by atoms with van der Waals surface area (Å²) in [6, 6.07) is 12.8. The van der Waals surface area contributed by atoms with E-state index in [0.29, 0.717) is 0 Å². The van der Waals surface area contributed by atoms with Gasteiger partial charge in [-0.3, -0.25) is 0 Å². The Morgan fingerprint density at radius 1 is 1.12 bits per heavy atom. The number of aliphatic hydroxyl groups excluding tert-OH is 1. The third-order valence-electron chi connectivity index (χ3n) is 5.00. The normalized spacial score (nSPS) is 16.6. The SMILES string of the molecule is COc1ccc2cc(CNCC3CCN(CCO)CC3)ccc2c1. The minimum absolute atomic E-state index is 0.275. The molecule has 0 aromatic heterocycles. The molecular formula is C20H28N2O2. The molecule has 1 aliphatic heterocycles. The molecule has 4 nitrogen and oxygen atoms in total. The van der Waals surface area contributed by atoms with E-state index >= 15 is 0 Å². The van der Waals surface area contributed by atoms with Crippen molar-refractivity contribution in [2.75, 3.05) is 39.9 Å². The molecule has 130 valence electrons. The highest BCUT2D eigenvalue weighted by atomic mass is 16.5. The second-order valence-electron chi connectivity index (χ2n) is 6.69. The van der Waals surface area contributed by atoms with E-state index in [2.05, 4.69) is 40.5 Å². The number of hydrogen-bond acceptors (Lipinski definition) is 4. The average Bonchev–Trinajstić information content (AvgIpc) is 2.63. The van der Waals surface area contributed by atoms with Gasteiger partial charge < -0.3 is 20.1 Å². The maximum atomic E-state index is 9.00. The summed E-state index contributed by atoms with van der Waals surface area (Å²) in [6.07, 6.45) is 2.45. The molecule has 2 aromatic carbocycles. The number of benzene rings is 2. The fraction of sp³-hybridized carbons (Fsp3) is 0.500. The maximum absolute atomic E-state index is 9.00. The summed E-state index contributed by atoms with van der Waals surface area (Å²) < 4.78 is 5.28. The Morgan fingerprint density at radius 3 is 2.62 bits per heavy atom. The van der Waals surface area contributed by atoms with Gasteiger partial charge >= 0.3 is 0 Å². The number of nitrogens with one attached hydrogen (secondary N) is 1. The summed E-state index contributed by atoms with van der Waals surface area (Å²) in [4.78, 5) is 2.36. The van der Waals surface area contributed by atoms with E-state index in [-0.39, 0.29) is 6.61 Å². The number of rotatable bonds is 7. The predicted molar refractivity (Wildman–Crippen MR) is 98.5 cm³/mol. The van der Waals surface area contributed by atoms with Crippen LogP contribution in [0.4, 0.5) is 0 Å². The highest BCUT2D eigenvalue weighted by Crippen LogP contribution is 2.22. The van der Waals surface area contributed by atoms with Gasteiger partial charge in [0.2, 0.25) is 0 Å². The van der Waals surface area contributed by atoms with Crippen LogP contribution in [-0.2, 0) is 6.54 Å². The highest BCUT2D eigenvalue weighted by molar-refractivity contribution is 5.84. The van der Waals surface area contributed by atoms with E-state index in [1.807, 2.05) is 6.07 Å². The van der Waals surface area contributed by atoms with Gasteiger partial charge in [-0.2, -0.15) is 0 Å². The molecule has 0 saturated carbocycles. The smallest absolute Gasteiger partial charge is 0.119 e. The fourth-order valence-corrected chi connectivity index (χ4v) is 3.49. The van der Waals surface area contributed by atoms with Gasteiger partial charge in [-0.05, 0) is 72.9 Å². The molecule has 0 radical (unpaired) electrons. The largest absolute Gasteiger partial charge is 0.497 e. The molecule has 1 aliphatic rings. The summed E-state index contributed by atoms with van der Waals surface area (Å²) in [7, 11) is 1.70. The van der Waals surface area contributed by atoms with Gasteiger partial charge in [0.05, 0.1) is 13.7 Å². The molecule has 0 bridgehead atoms. The Hall–Kier alpha value is -1.62. The van der Waals surface area contributed by atoms with Crippen molar-refractivity contribution in [3.05, 3.63) is 42.0 Å². The van der Waals surface area contributed by atoms with Gasteiger partial charge in [-0.25, -0.2) is 0 Å². The summed E-state index contributed by atoms with van der Waals surface area (Å²) in [6.45, 7) is 5.32. The van der Waals surface area contributed by atoms with E-state index in [1.54, 1.807) is 7.11 Å². The second kappa shape index (κ2) is 8.47. The number of fused-ring (bicyclic) bond motifs is 1. The monoisotopic (exact) mass is 328 g/mol. The van der Waals surface area contributed by atoms with Crippen LogP contribution >= 0.6 is 0 Å². The van der Waals surface area contributed by atoms with Gasteiger partial charge in [0, 0.05) is 13.1 Å². The topological polar surface area (TPSA) is 44.7 Å². The maximum Gasteiger partial charge on any atom is 0.119 e. The lowest BCUT2D eigenvalue weighted by atomic mass is 9.96. The van der Waals surface area contributed by atoms with Crippen molar-refractivity contribution in [1.82, 2.24) is 10.2 Å². The minimum atomic E-state index is 0.275. The molecule has 2 N–H and O–H groups in total. The van der Waals surface area contributed by atoms with Gasteiger partial charge in [0.25, 0.3) is 0 Å². The molecule has 0 unspecified atom stereocenters. The van der Waals surface area contributed by atoms with Crippen molar-refractivity contribution < 1.29 is 9.84 Å². The van der Waals surface area contributed by atoms with Crippen molar-refractivity contribution in [2.24, 2.45) is 5.92 Å². The first-order valence-electron chi connectivity index (χ1n) is 8.89. The Kier molecular flexibility index (Phi) is 6.07. The first-order chi connectivity index (χ1) is 11.8. The lowest BCUT2D eigenvalue weighted by Gasteiger charge is -2.31. The van der Waals surface area contributed by atoms with Crippen LogP contribution in [0.25, 0.3) is 10.8 Å². The molecule has 0 atom stereocenters. The van der Waals surface area contributed by atoms with Crippen LogP contribution in [0.2, 0.25) is 0 Å². The van der Waals surface area contributed by atoms with Gasteiger partial charge in [0.15, 0.2) is 0 Å². The Labute approximate surface area is 144 Å². The van der Waals surface area contributed by atoms with Gasteiger partial charge in [0.1, 0.15) is 5.75 Å². The third-order valence-corrected chi connectivity index (χ3v) is 5.00. The molecule has 0 amide bonds. The minimum Gasteiger partial charge on any atom is -0.497 e. The molecule has 1 fully saturated rings. The number of methoxy groups -OCH3 is 1. The molecular weight excluding hydrogens is 300 g/mol. The van der Waals surface area contributed by atoms with Crippen LogP contribution < -0.4 is 10.1 Å². The van der Waals surface area contributed by atoms with E-state index in [0.717, 1.165) is 44.4 Å². The van der Waals surface area contributed by atoms with E-state index in [4.69, 9.17) is 9.84 Å². The zero-order chi connectivity index (χ0) is 16.8. The van der Waals surface area contributed by atoms with Crippen molar-refractivity contribution in [3.63, 3.8) is 0 Å². The number of nitrogens with zero attached hydrogens (tertiary/aromatic N) is 1. The summed E-state index contributed by atoms with van der Waals surface area (Å²) >= 11 is 0. The molecule has 4 heteroatoms. The summed E-state index contributed by atoms with van der Waals surface area (Å²) in [5, 5.41) is 15.1. The predicted octanol–water partition coefficient (Wildman–Crippen LogP) is 2.64. The fourth-order valence-electron chi connectivity index (χ4n) is 3.49. The summed E-state index contributed by atoms with van der Waals surface area (Å²) in [5.41, 5.74) is 1.32. The molecule has 0 aliphatic carbocycles. The number of hydrogen-bond donors (Lipinski definition) is 2. The van der Waals surface area contributed by atoms with Crippen LogP contribution in [0.3, 0.4) is 0 Å². The van der Waals surface area contributed by atoms with Crippen molar-refractivity contribution >= 4 is 10.8 Å². The summed E-state index contributed by atoms with van der Waals surface area (Å²) in [5.74, 6) is 1.66. The molecule has 24 heavy (non-hydrogen) atoms. The Morgan fingerprint density at radius 2 is 1.88 bits per heavy atom. The van der Waals surface area contributed by atoms with E-state index in [9.17, 15) is 0 Å². The number of likely N-dealkylation sites (tertiary alicyclic amines) is 1. The van der Waals surface area contributed by atoms with E-state index < -0.39 is 0 Å². The number of aliphatic hydroxyl groups is 1. The lowest BCUT2D eigenvalue weighted by molar-refractivity contribution is 0.146. The van der Waals surface area contributed by atoms with E-state index in [1.165, 1.54) is 29.2 Å². The zero-order valence-corrected chi connectivity index (χ0v) is 14.5. The first-order valence-corrected chi connectivity index (χ1v) is 8.89. The zero-order valence-electron chi connectivity index (χ0n) is 14.5. The second-order valence-corrected chi connectivity index (χ2v) is 6.69.